The van der Waals surface area contributed by atoms with Crippen LogP contribution >= 0.6 is 0 Å². The Kier molecular flexibility index (Phi) is 5.47. The van der Waals surface area contributed by atoms with E-state index in [4.69, 9.17) is 4.74 Å². The van der Waals surface area contributed by atoms with E-state index in [-0.39, 0.29) is 5.97 Å². The van der Waals surface area contributed by atoms with Gasteiger partial charge in [-0.1, -0.05) is 43.7 Å². The Balaban J connectivity index is 2.82. The van der Waals surface area contributed by atoms with E-state index in [2.05, 4.69) is 32.1 Å². The molecule has 0 radical (unpaired) electrons. The molecule has 0 aliphatic heterocycles. The first-order chi connectivity index (χ1) is 8.13. The normalized spacial score (nSPS) is 11.4. The summed E-state index contributed by atoms with van der Waals surface area (Å²) in [6, 6.07) is 8.21. The van der Waals surface area contributed by atoms with Crippen LogP contribution in [0.4, 0.5) is 0 Å². The summed E-state index contributed by atoms with van der Waals surface area (Å²) in [5.74, 6) is -0.225. The molecule has 1 aromatic carbocycles. The molecule has 0 amide bonds. The number of rotatable bonds is 5. The van der Waals surface area contributed by atoms with Gasteiger partial charge in [-0.05, 0) is 30.0 Å². The van der Waals surface area contributed by atoms with Crippen molar-refractivity contribution in [2.45, 2.75) is 33.6 Å². The third-order valence-electron chi connectivity index (χ3n) is 2.58. The minimum atomic E-state index is -0.225. The predicted octanol–water partition coefficient (Wildman–Crippen LogP) is 3.74. The van der Waals surface area contributed by atoms with Gasteiger partial charge in [-0.3, -0.25) is 4.79 Å². The average molecular weight is 232 g/mol. The second-order valence-electron chi connectivity index (χ2n) is 4.19. The predicted molar refractivity (Wildman–Crippen MR) is 70.7 cm³/mol. The van der Waals surface area contributed by atoms with Crippen molar-refractivity contribution in [1.29, 1.82) is 0 Å². The first-order valence-corrected chi connectivity index (χ1v) is 6.02. The molecule has 92 valence electrons. The van der Waals surface area contributed by atoms with Gasteiger partial charge in [0.25, 0.3) is 0 Å². The fourth-order valence-corrected chi connectivity index (χ4v) is 1.67. The lowest BCUT2D eigenvalue weighted by Crippen LogP contribution is -2.03. The molecule has 0 atom stereocenters. The van der Waals surface area contributed by atoms with E-state index in [1.807, 2.05) is 12.1 Å². The molecule has 0 saturated heterocycles. The third kappa shape index (κ3) is 4.85. The third-order valence-corrected chi connectivity index (χ3v) is 2.58. The maximum atomic E-state index is 10.8. The van der Waals surface area contributed by atoms with E-state index < -0.39 is 0 Å². The second kappa shape index (κ2) is 6.89. The van der Waals surface area contributed by atoms with Crippen LogP contribution in [0.2, 0.25) is 0 Å². The zero-order valence-corrected chi connectivity index (χ0v) is 10.8. The number of hydrogen-bond donors (Lipinski definition) is 0. The number of benzene rings is 1. The van der Waals surface area contributed by atoms with Crippen LogP contribution in [0.5, 0.6) is 0 Å². The van der Waals surface area contributed by atoms with Crippen LogP contribution in [-0.4, -0.2) is 12.6 Å². The van der Waals surface area contributed by atoms with E-state index in [0.717, 1.165) is 18.4 Å². The molecule has 1 aromatic rings. The molecule has 1 rings (SSSR count). The van der Waals surface area contributed by atoms with Gasteiger partial charge in [0.05, 0.1) is 0 Å². The lowest BCUT2D eigenvalue weighted by molar-refractivity contribution is -0.140. The van der Waals surface area contributed by atoms with Crippen molar-refractivity contribution in [2.24, 2.45) is 0 Å². The summed E-state index contributed by atoms with van der Waals surface area (Å²) in [7, 11) is 0. The number of aryl methyl sites for hydroxylation is 1. The molecule has 0 fully saturated rings. The maximum absolute atomic E-state index is 10.8. The van der Waals surface area contributed by atoms with Crippen molar-refractivity contribution in [2.75, 3.05) is 6.61 Å². The van der Waals surface area contributed by atoms with Gasteiger partial charge >= 0.3 is 5.97 Å². The molecule has 0 aliphatic carbocycles. The molecule has 0 N–H and O–H groups in total. The molecule has 0 saturated carbocycles. The van der Waals surface area contributed by atoms with Crippen LogP contribution in [0.25, 0.3) is 6.08 Å². The highest BCUT2D eigenvalue weighted by atomic mass is 16.5. The Morgan fingerprint density at radius 3 is 2.65 bits per heavy atom. The van der Waals surface area contributed by atoms with E-state index >= 15 is 0 Å². The van der Waals surface area contributed by atoms with E-state index in [1.54, 1.807) is 0 Å². The minimum Gasteiger partial charge on any atom is -0.461 e. The van der Waals surface area contributed by atoms with Crippen LogP contribution in [0.3, 0.4) is 0 Å². The summed E-state index contributed by atoms with van der Waals surface area (Å²) in [4.78, 5) is 10.8. The van der Waals surface area contributed by atoms with Gasteiger partial charge in [-0.25, -0.2) is 0 Å². The molecule has 2 nitrogen and oxygen atoms in total. The van der Waals surface area contributed by atoms with E-state index in [1.165, 1.54) is 18.1 Å². The average Bonchev–Trinajstić information content (AvgIpc) is 2.29. The SMILES string of the molecule is CCC/C(=C\c1ccccc1C)COC(C)=O. The summed E-state index contributed by atoms with van der Waals surface area (Å²) in [6.07, 6.45) is 4.14. The lowest BCUT2D eigenvalue weighted by atomic mass is 10.0. The maximum Gasteiger partial charge on any atom is 0.302 e. The van der Waals surface area contributed by atoms with Crippen molar-refractivity contribution in [3.05, 3.63) is 41.0 Å². The Hall–Kier alpha value is -1.57. The summed E-state index contributed by atoms with van der Waals surface area (Å²) >= 11 is 0. The van der Waals surface area contributed by atoms with E-state index in [9.17, 15) is 4.79 Å². The first kappa shape index (κ1) is 13.5. The van der Waals surface area contributed by atoms with Gasteiger partial charge in [0.1, 0.15) is 6.61 Å². The van der Waals surface area contributed by atoms with Crippen LogP contribution < -0.4 is 0 Å². The highest BCUT2D eigenvalue weighted by Gasteiger charge is 2.01. The van der Waals surface area contributed by atoms with Gasteiger partial charge in [0.2, 0.25) is 0 Å². The summed E-state index contributed by atoms with van der Waals surface area (Å²) in [6.45, 7) is 6.05. The molecular weight excluding hydrogens is 212 g/mol. The zero-order chi connectivity index (χ0) is 12.7. The topological polar surface area (TPSA) is 26.3 Å². The largest absolute Gasteiger partial charge is 0.461 e. The van der Waals surface area contributed by atoms with E-state index in [0.29, 0.717) is 6.61 Å². The molecule has 0 heterocycles. The molecule has 17 heavy (non-hydrogen) atoms. The van der Waals surface area contributed by atoms with Gasteiger partial charge in [-0.15, -0.1) is 0 Å². The number of ether oxygens (including phenoxy) is 1. The molecular formula is C15H20O2. The van der Waals surface area contributed by atoms with Gasteiger partial charge in [0, 0.05) is 6.92 Å². The minimum absolute atomic E-state index is 0.225. The second-order valence-corrected chi connectivity index (χ2v) is 4.19. The van der Waals surface area contributed by atoms with Gasteiger partial charge < -0.3 is 4.74 Å². The zero-order valence-electron chi connectivity index (χ0n) is 10.8. The molecule has 0 aromatic heterocycles. The number of carbonyl (C=O) groups is 1. The van der Waals surface area contributed by atoms with Crippen molar-refractivity contribution < 1.29 is 9.53 Å². The fourth-order valence-electron chi connectivity index (χ4n) is 1.67. The highest BCUT2D eigenvalue weighted by molar-refractivity contribution is 5.66. The number of carbonyl (C=O) groups excluding carboxylic acids is 1. The number of hydrogen-bond acceptors (Lipinski definition) is 2. The number of esters is 1. The Bertz CT molecular complexity index is 405. The fraction of sp³-hybridized carbons (Fsp3) is 0.400. The summed E-state index contributed by atoms with van der Waals surface area (Å²) in [5.41, 5.74) is 3.60. The summed E-state index contributed by atoms with van der Waals surface area (Å²) in [5, 5.41) is 0. The Morgan fingerprint density at radius 1 is 1.35 bits per heavy atom. The van der Waals surface area contributed by atoms with Gasteiger partial charge in [0.15, 0.2) is 0 Å². The lowest BCUT2D eigenvalue weighted by Gasteiger charge is -2.08. The van der Waals surface area contributed by atoms with Crippen molar-refractivity contribution in [3.63, 3.8) is 0 Å². The highest BCUT2D eigenvalue weighted by Crippen LogP contribution is 2.15. The quantitative estimate of drug-likeness (QED) is 0.723. The molecule has 0 aliphatic rings. The molecule has 2 heteroatoms. The molecule has 0 bridgehead atoms. The van der Waals surface area contributed by atoms with Crippen molar-refractivity contribution in [1.82, 2.24) is 0 Å². The molecule has 0 unspecified atom stereocenters. The summed E-state index contributed by atoms with van der Waals surface area (Å²) < 4.78 is 5.06. The monoisotopic (exact) mass is 232 g/mol. The van der Waals surface area contributed by atoms with Crippen molar-refractivity contribution >= 4 is 12.0 Å². The van der Waals surface area contributed by atoms with Gasteiger partial charge in [-0.2, -0.15) is 0 Å². The first-order valence-electron chi connectivity index (χ1n) is 6.02. The van der Waals surface area contributed by atoms with Crippen molar-refractivity contribution in [3.8, 4) is 0 Å². The Labute approximate surface area is 103 Å². The van der Waals surface area contributed by atoms with Crippen LogP contribution in [-0.2, 0) is 9.53 Å². The van der Waals surface area contributed by atoms with Crippen LogP contribution in [0.1, 0.15) is 37.8 Å². The smallest absolute Gasteiger partial charge is 0.302 e. The molecule has 0 spiro atoms. The Morgan fingerprint density at radius 2 is 2.06 bits per heavy atom. The standard InChI is InChI=1S/C15H20O2/c1-4-7-14(11-17-13(3)16)10-15-9-6-5-8-12(15)2/h5-6,8-10H,4,7,11H2,1-3H3/b14-10+. The van der Waals surface area contributed by atoms with Crippen LogP contribution in [0, 0.1) is 6.92 Å². The van der Waals surface area contributed by atoms with Crippen LogP contribution in [0.15, 0.2) is 29.8 Å².